The van der Waals surface area contributed by atoms with Gasteiger partial charge >= 0.3 is 0 Å². The summed E-state index contributed by atoms with van der Waals surface area (Å²) in [5.74, 6) is -0.330. The van der Waals surface area contributed by atoms with Crippen molar-refractivity contribution < 1.29 is 17.9 Å². The second kappa shape index (κ2) is 7.75. The summed E-state index contributed by atoms with van der Waals surface area (Å²) >= 11 is 6.10. The van der Waals surface area contributed by atoms with Crippen LogP contribution in [-0.4, -0.2) is 54.5 Å². The van der Waals surface area contributed by atoms with Gasteiger partial charge in [-0.1, -0.05) is 17.7 Å². The first-order valence-corrected chi connectivity index (χ1v) is 9.84. The number of sulfonamides is 1. The maximum atomic E-state index is 12.5. The molecule has 0 bridgehead atoms. The third kappa shape index (κ3) is 4.24. The number of ether oxygens (including phenoxy) is 1. The van der Waals surface area contributed by atoms with Gasteiger partial charge in [0.15, 0.2) is 5.03 Å². The Bertz CT molecular complexity index is 907. The van der Waals surface area contributed by atoms with Gasteiger partial charge in [0.25, 0.3) is 10.0 Å². The van der Waals surface area contributed by atoms with E-state index in [-0.39, 0.29) is 17.5 Å². The van der Waals surface area contributed by atoms with Crippen LogP contribution in [0.3, 0.4) is 0 Å². The highest BCUT2D eigenvalue weighted by Gasteiger charge is 2.28. The van der Waals surface area contributed by atoms with E-state index < -0.39 is 10.0 Å². The third-order valence-electron chi connectivity index (χ3n) is 3.91. The topological polar surface area (TPSA) is 93.5 Å². The summed E-state index contributed by atoms with van der Waals surface area (Å²) in [6.07, 6.45) is 2.67. The Balaban J connectivity index is 1.67. The lowest BCUT2D eigenvalue weighted by Crippen LogP contribution is -2.40. The molecule has 1 fully saturated rings. The second-order valence-corrected chi connectivity index (χ2v) is 8.22. The number of hydrogen-bond donors (Lipinski definition) is 1. The number of rotatable bonds is 5. The zero-order valence-electron chi connectivity index (χ0n) is 14.2. The largest absolute Gasteiger partial charge is 0.379 e. The molecule has 1 aromatic heterocycles. The number of anilines is 1. The lowest BCUT2D eigenvalue weighted by Gasteiger charge is -2.24. The minimum Gasteiger partial charge on any atom is -0.379 e. The quantitative estimate of drug-likeness (QED) is 0.823. The molecule has 0 unspecified atom stereocenters. The summed E-state index contributed by atoms with van der Waals surface area (Å²) in [6.45, 7) is 3.14. The van der Waals surface area contributed by atoms with Crippen molar-refractivity contribution in [1.29, 1.82) is 0 Å². The van der Waals surface area contributed by atoms with E-state index in [4.69, 9.17) is 16.3 Å². The monoisotopic (exact) mass is 398 g/mol. The number of aryl methyl sites for hydroxylation is 1. The molecule has 1 amide bonds. The fourth-order valence-corrected chi connectivity index (χ4v) is 4.18. The molecule has 10 heteroatoms. The highest BCUT2D eigenvalue weighted by molar-refractivity contribution is 7.89. The van der Waals surface area contributed by atoms with Crippen LogP contribution in [-0.2, 0) is 26.1 Å². The number of halogens is 1. The minimum absolute atomic E-state index is 0.0736. The van der Waals surface area contributed by atoms with Crippen molar-refractivity contribution in [2.24, 2.45) is 0 Å². The number of nitrogens with zero attached hydrogens (tertiary/aromatic N) is 3. The third-order valence-corrected chi connectivity index (χ3v) is 6.01. The van der Waals surface area contributed by atoms with E-state index in [0.29, 0.717) is 37.0 Å². The number of carbonyl (C=O) groups is 1. The number of benzene rings is 1. The summed E-state index contributed by atoms with van der Waals surface area (Å²) in [4.78, 5) is 16.1. The van der Waals surface area contributed by atoms with Crippen LogP contribution in [0, 0.1) is 6.92 Å². The molecule has 8 nitrogen and oxygen atoms in total. The van der Waals surface area contributed by atoms with E-state index in [9.17, 15) is 13.2 Å². The number of imidazole rings is 1. The Morgan fingerprint density at radius 3 is 2.77 bits per heavy atom. The predicted molar refractivity (Wildman–Crippen MR) is 96.6 cm³/mol. The molecule has 1 N–H and O–H groups in total. The molecule has 0 saturated carbocycles. The predicted octanol–water partition coefficient (Wildman–Crippen LogP) is 1.50. The van der Waals surface area contributed by atoms with Crippen molar-refractivity contribution in [3.8, 4) is 0 Å². The molecule has 1 aliphatic heterocycles. The van der Waals surface area contributed by atoms with Gasteiger partial charge in [-0.15, -0.1) is 0 Å². The van der Waals surface area contributed by atoms with Gasteiger partial charge in [0.1, 0.15) is 6.54 Å². The van der Waals surface area contributed by atoms with Crippen molar-refractivity contribution in [2.45, 2.75) is 18.5 Å². The van der Waals surface area contributed by atoms with Crippen LogP contribution in [0.25, 0.3) is 0 Å². The Hall–Kier alpha value is -1.94. The van der Waals surface area contributed by atoms with Crippen molar-refractivity contribution in [1.82, 2.24) is 13.9 Å². The van der Waals surface area contributed by atoms with Gasteiger partial charge in [0.2, 0.25) is 5.91 Å². The summed E-state index contributed by atoms with van der Waals surface area (Å²) in [5, 5.41) is 3.06. The van der Waals surface area contributed by atoms with Crippen molar-refractivity contribution in [3.63, 3.8) is 0 Å². The van der Waals surface area contributed by atoms with Crippen LogP contribution < -0.4 is 5.32 Å². The van der Waals surface area contributed by atoms with E-state index in [2.05, 4.69) is 10.3 Å². The lowest BCUT2D eigenvalue weighted by molar-refractivity contribution is -0.116. The zero-order chi connectivity index (χ0) is 18.7. The molecule has 1 saturated heterocycles. The Morgan fingerprint density at radius 2 is 2.08 bits per heavy atom. The van der Waals surface area contributed by atoms with Crippen LogP contribution in [0.5, 0.6) is 0 Å². The van der Waals surface area contributed by atoms with Crippen LogP contribution in [0.1, 0.15) is 5.56 Å². The van der Waals surface area contributed by atoms with Crippen molar-refractivity contribution >= 4 is 33.2 Å². The second-order valence-electron chi connectivity index (χ2n) is 5.93. The van der Waals surface area contributed by atoms with Crippen molar-refractivity contribution in [2.75, 3.05) is 31.6 Å². The fraction of sp³-hybridized carbons (Fsp3) is 0.375. The molecule has 2 aromatic rings. The summed E-state index contributed by atoms with van der Waals surface area (Å²) < 4.78 is 33.0. The van der Waals surface area contributed by atoms with E-state index in [0.717, 1.165) is 5.56 Å². The number of amides is 1. The zero-order valence-corrected chi connectivity index (χ0v) is 15.8. The molecule has 0 spiro atoms. The van der Waals surface area contributed by atoms with Crippen molar-refractivity contribution in [3.05, 3.63) is 41.3 Å². The van der Waals surface area contributed by atoms with E-state index in [1.807, 2.05) is 13.0 Å². The van der Waals surface area contributed by atoms with Gasteiger partial charge in [-0.3, -0.25) is 4.79 Å². The number of carbonyl (C=O) groups excluding carboxylic acids is 1. The summed E-state index contributed by atoms with van der Waals surface area (Å²) in [5.41, 5.74) is 1.49. The Morgan fingerprint density at radius 1 is 1.35 bits per heavy atom. The molecule has 0 radical (unpaired) electrons. The number of aromatic nitrogens is 2. The van der Waals surface area contributed by atoms with E-state index >= 15 is 0 Å². The lowest BCUT2D eigenvalue weighted by atomic mass is 10.2. The molecule has 26 heavy (non-hydrogen) atoms. The van der Waals surface area contributed by atoms with Crippen LogP contribution in [0.15, 0.2) is 35.7 Å². The number of nitrogens with one attached hydrogen (secondary N) is 1. The molecule has 2 heterocycles. The summed E-state index contributed by atoms with van der Waals surface area (Å²) in [7, 11) is -3.68. The molecule has 140 valence electrons. The molecule has 0 atom stereocenters. The normalized spacial score (nSPS) is 15.8. The van der Waals surface area contributed by atoms with Gasteiger partial charge in [-0.05, 0) is 24.6 Å². The fourth-order valence-electron chi connectivity index (χ4n) is 2.56. The van der Waals surface area contributed by atoms with E-state index in [1.54, 1.807) is 12.1 Å². The maximum absolute atomic E-state index is 12.5. The first-order valence-electron chi connectivity index (χ1n) is 8.02. The first-order chi connectivity index (χ1) is 12.4. The number of morpholine rings is 1. The molecule has 3 rings (SSSR count). The van der Waals surface area contributed by atoms with Crippen LogP contribution in [0.4, 0.5) is 5.69 Å². The number of hydrogen-bond acceptors (Lipinski definition) is 5. The minimum atomic E-state index is -3.68. The van der Waals surface area contributed by atoms with Crippen LogP contribution >= 0.6 is 11.6 Å². The Labute approximate surface area is 156 Å². The first kappa shape index (κ1) is 18.8. The highest BCUT2D eigenvalue weighted by Crippen LogP contribution is 2.22. The SMILES string of the molecule is Cc1ccc(NC(=O)Cn2cnc(S(=O)(=O)N3CCOCC3)c2)c(Cl)c1. The molecule has 1 aliphatic rings. The van der Waals surface area contributed by atoms with Gasteiger partial charge in [-0.2, -0.15) is 4.31 Å². The van der Waals surface area contributed by atoms with Gasteiger partial charge in [-0.25, -0.2) is 13.4 Å². The van der Waals surface area contributed by atoms with Gasteiger partial charge in [0, 0.05) is 19.3 Å². The Kier molecular flexibility index (Phi) is 5.61. The van der Waals surface area contributed by atoms with Gasteiger partial charge < -0.3 is 14.6 Å². The average molecular weight is 399 g/mol. The highest BCUT2D eigenvalue weighted by atomic mass is 35.5. The molecular formula is C16H19ClN4O4S. The molecule has 0 aliphatic carbocycles. The average Bonchev–Trinajstić information content (AvgIpc) is 3.07. The standard InChI is InChI=1S/C16H19ClN4O4S/c1-12-2-3-14(13(17)8-12)19-15(22)9-20-10-16(18-11-20)26(23,24)21-4-6-25-7-5-21/h2-3,8,10-11H,4-7,9H2,1H3,(H,19,22). The molecular weight excluding hydrogens is 380 g/mol. The smallest absolute Gasteiger partial charge is 0.262 e. The maximum Gasteiger partial charge on any atom is 0.262 e. The summed E-state index contributed by atoms with van der Waals surface area (Å²) in [6, 6.07) is 5.31. The molecule has 1 aromatic carbocycles. The van der Waals surface area contributed by atoms with Gasteiger partial charge in [0.05, 0.1) is 30.3 Å². The van der Waals surface area contributed by atoms with E-state index in [1.165, 1.54) is 21.4 Å². The van der Waals surface area contributed by atoms with Crippen LogP contribution in [0.2, 0.25) is 5.02 Å².